The van der Waals surface area contributed by atoms with Gasteiger partial charge < -0.3 is 18.6 Å². The van der Waals surface area contributed by atoms with Crippen molar-refractivity contribution in [2.45, 2.75) is 6.92 Å². The van der Waals surface area contributed by atoms with E-state index >= 15 is 0 Å². The summed E-state index contributed by atoms with van der Waals surface area (Å²) in [7, 11) is 4.41. The molecule has 0 unspecified atom stereocenters. The topological polar surface area (TPSA) is 57.9 Å². The monoisotopic (exact) mass is 250 g/mol. The molecule has 0 N–H and O–H groups in total. The quantitative estimate of drug-likeness (QED) is 0.783. The van der Waals surface area contributed by atoms with Gasteiger partial charge >= 0.3 is 5.97 Å². The molecule has 0 aliphatic rings. The molecule has 1 aromatic heterocycles. The molecule has 0 atom stereocenters. The molecule has 2 rings (SSSR count). The zero-order valence-electron chi connectivity index (χ0n) is 10.7. The minimum Gasteiger partial charge on any atom is -0.493 e. The number of hydrogen-bond donors (Lipinski definition) is 0. The number of aryl methyl sites for hydroxylation is 1. The van der Waals surface area contributed by atoms with Crippen molar-refractivity contribution in [3.8, 4) is 11.5 Å². The van der Waals surface area contributed by atoms with Crippen molar-refractivity contribution in [3.63, 3.8) is 0 Å². The number of carbonyl (C=O) groups is 1. The van der Waals surface area contributed by atoms with E-state index in [4.69, 9.17) is 13.9 Å². The third kappa shape index (κ3) is 1.77. The van der Waals surface area contributed by atoms with Crippen LogP contribution in [0.5, 0.6) is 11.5 Å². The average Bonchev–Trinajstić information content (AvgIpc) is 2.73. The molecule has 0 amide bonds. The lowest BCUT2D eigenvalue weighted by Gasteiger charge is -2.06. The molecule has 0 radical (unpaired) electrons. The fraction of sp³-hybridized carbons (Fsp3) is 0.308. The van der Waals surface area contributed by atoms with Crippen LogP contribution in [-0.4, -0.2) is 27.3 Å². The first kappa shape index (κ1) is 12.3. The van der Waals surface area contributed by atoms with E-state index in [-0.39, 0.29) is 5.76 Å². The van der Waals surface area contributed by atoms with Crippen molar-refractivity contribution in [2.75, 3.05) is 21.3 Å². The third-order valence-corrected chi connectivity index (χ3v) is 2.81. The Bertz CT molecular complexity index is 597. The Morgan fingerprint density at radius 3 is 2.28 bits per heavy atom. The normalized spacial score (nSPS) is 10.4. The van der Waals surface area contributed by atoms with Crippen LogP contribution in [0.25, 0.3) is 11.0 Å². The molecule has 0 spiro atoms. The Balaban J connectivity index is 2.69. The number of ether oxygens (including phenoxy) is 3. The van der Waals surface area contributed by atoms with Gasteiger partial charge in [-0.25, -0.2) is 4.79 Å². The highest BCUT2D eigenvalue weighted by molar-refractivity contribution is 5.96. The Hall–Kier alpha value is -2.17. The molecule has 0 saturated heterocycles. The van der Waals surface area contributed by atoms with Gasteiger partial charge in [0.1, 0.15) is 5.58 Å². The van der Waals surface area contributed by atoms with Crippen molar-refractivity contribution in [1.82, 2.24) is 0 Å². The highest BCUT2D eigenvalue weighted by Gasteiger charge is 2.20. The summed E-state index contributed by atoms with van der Waals surface area (Å²) >= 11 is 0. The van der Waals surface area contributed by atoms with Gasteiger partial charge in [0, 0.05) is 17.0 Å². The van der Waals surface area contributed by atoms with Gasteiger partial charge in [0.25, 0.3) is 0 Å². The number of hydrogen-bond acceptors (Lipinski definition) is 5. The lowest BCUT2D eigenvalue weighted by Crippen LogP contribution is -2.00. The first-order valence-corrected chi connectivity index (χ1v) is 5.35. The molecule has 0 aliphatic heterocycles. The predicted molar refractivity (Wildman–Crippen MR) is 65.4 cm³/mol. The first-order valence-electron chi connectivity index (χ1n) is 5.35. The molecule has 2 aromatic rings. The van der Waals surface area contributed by atoms with Crippen LogP contribution in [0.15, 0.2) is 16.5 Å². The fourth-order valence-electron chi connectivity index (χ4n) is 1.83. The number of carbonyl (C=O) groups excluding carboxylic acids is 1. The molecular weight excluding hydrogens is 236 g/mol. The van der Waals surface area contributed by atoms with E-state index in [2.05, 4.69) is 4.74 Å². The van der Waals surface area contributed by atoms with Gasteiger partial charge in [-0.2, -0.15) is 0 Å². The second-order valence-corrected chi connectivity index (χ2v) is 3.75. The van der Waals surface area contributed by atoms with E-state index < -0.39 is 5.97 Å². The molecule has 5 heteroatoms. The van der Waals surface area contributed by atoms with E-state index in [1.807, 2.05) is 0 Å². The number of methoxy groups -OCH3 is 3. The maximum absolute atomic E-state index is 11.5. The van der Waals surface area contributed by atoms with Gasteiger partial charge in [-0.05, 0) is 13.0 Å². The van der Waals surface area contributed by atoms with Crippen molar-refractivity contribution < 1.29 is 23.4 Å². The summed E-state index contributed by atoms with van der Waals surface area (Å²) in [6.07, 6.45) is 0. The molecule has 1 aromatic carbocycles. The third-order valence-electron chi connectivity index (χ3n) is 2.81. The molecule has 96 valence electrons. The van der Waals surface area contributed by atoms with Gasteiger partial charge in [0.15, 0.2) is 11.5 Å². The molecule has 0 fully saturated rings. The van der Waals surface area contributed by atoms with Gasteiger partial charge in [-0.1, -0.05) is 0 Å². The zero-order chi connectivity index (χ0) is 13.3. The van der Waals surface area contributed by atoms with Crippen LogP contribution in [0.2, 0.25) is 0 Å². The SMILES string of the molecule is COC(=O)c1oc2cc(OC)c(OC)cc2c1C. The van der Waals surface area contributed by atoms with Crippen LogP contribution in [0.1, 0.15) is 16.1 Å². The first-order chi connectivity index (χ1) is 8.62. The van der Waals surface area contributed by atoms with E-state index in [0.717, 1.165) is 10.9 Å². The number of furan rings is 1. The standard InChI is InChI=1S/C13H14O5/c1-7-8-5-10(15-2)11(16-3)6-9(8)18-12(7)13(14)17-4/h5-6H,1-4H3. The maximum atomic E-state index is 11.5. The van der Waals surface area contributed by atoms with E-state index in [9.17, 15) is 4.79 Å². The van der Waals surface area contributed by atoms with Gasteiger partial charge in [0.2, 0.25) is 5.76 Å². The largest absolute Gasteiger partial charge is 0.493 e. The lowest BCUT2D eigenvalue weighted by molar-refractivity contribution is 0.0566. The summed E-state index contributed by atoms with van der Waals surface area (Å²) in [6, 6.07) is 3.47. The second kappa shape index (κ2) is 4.60. The fourth-order valence-corrected chi connectivity index (χ4v) is 1.83. The van der Waals surface area contributed by atoms with Gasteiger partial charge in [0.05, 0.1) is 21.3 Å². The Morgan fingerprint density at radius 2 is 1.72 bits per heavy atom. The summed E-state index contributed by atoms with van der Waals surface area (Å²) in [5.41, 5.74) is 1.28. The minimum atomic E-state index is -0.498. The van der Waals surface area contributed by atoms with E-state index in [0.29, 0.717) is 17.1 Å². The van der Waals surface area contributed by atoms with Gasteiger partial charge in [-0.15, -0.1) is 0 Å². The Morgan fingerprint density at radius 1 is 1.11 bits per heavy atom. The van der Waals surface area contributed by atoms with Crippen LogP contribution in [0.4, 0.5) is 0 Å². The van der Waals surface area contributed by atoms with Crippen LogP contribution < -0.4 is 9.47 Å². The summed E-state index contributed by atoms with van der Waals surface area (Å²) < 4.78 is 20.5. The molecule has 0 bridgehead atoms. The number of benzene rings is 1. The van der Waals surface area contributed by atoms with Crippen molar-refractivity contribution in [3.05, 3.63) is 23.5 Å². The highest BCUT2D eigenvalue weighted by Crippen LogP contribution is 2.36. The lowest BCUT2D eigenvalue weighted by atomic mass is 10.1. The van der Waals surface area contributed by atoms with Crippen LogP contribution >= 0.6 is 0 Å². The molecule has 0 saturated carbocycles. The molecule has 5 nitrogen and oxygen atoms in total. The maximum Gasteiger partial charge on any atom is 0.374 e. The van der Waals surface area contributed by atoms with E-state index in [1.54, 1.807) is 33.3 Å². The molecule has 18 heavy (non-hydrogen) atoms. The second-order valence-electron chi connectivity index (χ2n) is 3.75. The van der Waals surface area contributed by atoms with Crippen molar-refractivity contribution in [1.29, 1.82) is 0 Å². The molecular formula is C13H14O5. The Kier molecular flexibility index (Phi) is 3.14. The number of fused-ring (bicyclic) bond motifs is 1. The highest BCUT2D eigenvalue weighted by atomic mass is 16.5. The predicted octanol–water partition coefficient (Wildman–Crippen LogP) is 2.55. The number of esters is 1. The minimum absolute atomic E-state index is 0.197. The summed E-state index contributed by atoms with van der Waals surface area (Å²) in [6.45, 7) is 1.80. The van der Waals surface area contributed by atoms with Crippen molar-refractivity contribution in [2.24, 2.45) is 0 Å². The van der Waals surface area contributed by atoms with Crippen LogP contribution in [0, 0.1) is 6.92 Å². The van der Waals surface area contributed by atoms with Crippen LogP contribution in [0.3, 0.4) is 0 Å². The summed E-state index contributed by atoms with van der Waals surface area (Å²) in [5.74, 6) is 0.838. The summed E-state index contributed by atoms with van der Waals surface area (Å²) in [4.78, 5) is 11.5. The zero-order valence-corrected chi connectivity index (χ0v) is 10.7. The number of rotatable bonds is 3. The smallest absolute Gasteiger partial charge is 0.374 e. The summed E-state index contributed by atoms with van der Waals surface area (Å²) in [5, 5.41) is 0.799. The Labute approximate surface area is 104 Å². The van der Waals surface area contributed by atoms with Gasteiger partial charge in [-0.3, -0.25) is 0 Å². The average molecular weight is 250 g/mol. The van der Waals surface area contributed by atoms with E-state index in [1.165, 1.54) is 7.11 Å². The van der Waals surface area contributed by atoms with Crippen molar-refractivity contribution >= 4 is 16.9 Å². The molecule has 1 heterocycles. The molecule has 0 aliphatic carbocycles. The van der Waals surface area contributed by atoms with Crippen LogP contribution in [-0.2, 0) is 4.74 Å².